The molecule has 0 radical (unpaired) electrons. The SMILES string of the molecule is COc1ccc(C(=O)N/C(=C\c2ccco2)C(=O)NCc2ccco2)cc1OC. The molecule has 0 fully saturated rings. The second kappa shape index (κ2) is 9.32. The van der Waals surface area contributed by atoms with Crippen molar-refractivity contribution in [2.24, 2.45) is 0 Å². The van der Waals surface area contributed by atoms with E-state index in [1.807, 2.05) is 0 Å². The maximum Gasteiger partial charge on any atom is 0.268 e. The van der Waals surface area contributed by atoms with E-state index in [2.05, 4.69) is 10.6 Å². The van der Waals surface area contributed by atoms with Crippen LogP contribution in [0.4, 0.5) is 0 Å². The monoisotopic (exact) mass is 396 g/mol. The minimum Gasteiger partial charge on any atom is -0.493 e. The molecular formula is C21H20N2O6. The molecule has 2 amide bonds. The highest BCUT2D eigenvalue weighted by Crippen LogP contribution is 2.27. The van der Waals surface area contributed by atoms with Crippen molar-refractivity contribution in [3.05, 3.63) is 77.8 Å². The zero-order chi connectivity index (χ0) is 20.6. The van der Waals surface area contributed by atoms with Gasteiger partial charge in [0.05, 0.1) is 33.3 Å². The predicted octanol–water partition coefficient (Wildman–Crippen LogP) is 2.98. The number of ether oxygens (including phenoxy) is 2. The lowest BCUT2D eigenvalue weighted by atomic mass is 10.1. The normalized spacial score (nSPS) is 11.0. The van der Waals surface area contributed by atoms with E-state index in [1.165, 1.54) is 38.9 Å². The molecule has 0 atom stereocenters. The molecule has 0 saturated heterocycles. The first kappa shape index (κ1) is 19.8. The first-order chi connectivity index (χ1) is 14.1. The third kappa shape index (κ3) is 5.07. The molecule has 0 aliphatic heterocycles. The summed E-state index contributed by atoms with van der Waals surface area (Å²) in [6.45, 7) is 0.174. The van der Waals surface area contributed by atoms with E-state index in [0.717, 1.165) is 0 Å². The van der Waals surface area contributed by atoms with Gasteiger partial charge in [0.2, 0.25) is 0 Å². The van der Waals surface area contributed by atoms with Crippen LogP contribution < -0.4 is 20.1 Å². The summed E-state index contributed by atoms with van der Waals surface area (Å²) in [5, 5.41) is 5.31. The van der Waals surface area contributed by atoms with Crippen LogP contribution in [0.5, 0.6) is 11.5 Å². The Bertz CT molecular complexity index is 990. The number of rotatable bonds is 8. The van der Waals surface area contributed by atoms with Crippen molar-refractivity contribution >= 4 is 17.9 Å². The number of methoxy groups -OCH3 is 2. The van der Waals surface area contributed by atoms with Gasteiger partial charge in [-0.05, 0) is 42.5 Å². The Kier molecular flexibility index (Phi) is 6.36. The molecule has 3 rings (SSSR count). The molecule has 29 heavy (non-hydrogen) atoms. The van der Waals surface area contributed by atoms with Crippen LogP contribution in [0.2, 0.25) is 0 Å². The van der Waals surface area contributed by atoms with Crippen LogP contribution in [-0.2, 0) is 11.3 Å². The predicted molar refractivity (Wildman–Crippen MR) is 104 cm³/mol. The summed E-state index contributed by atoms with van der Waals surface area (Å²) >= 11 is 0. The number of carbonyl (C=O) groups is 2. The number of nitrogens with one attached hydrogen (secondary N) is 2. The van der Waals surface area contributed by atoms with Crippen molar-refractivity contribution in [2.45, 2.75) is 6.54 Å². The van der Waals surface area contributed by atoms with Gasteiger partial charge in [-0.25, -0.2) is 0 Å². The Morgan fingerprint density at radius 3 is 2.41 bits per heavy atom. The fraction of sp³-hybridized carbons (Fsp3) is 0.143. The Balaban J connectivity index is 1.79. The van der Waals surface area contributed by atoms with Crippen molar-refractivity contribution in [1.82, 2.24) is 10.6 Å². The number of furan rings is 2. The second-order valence-electron chi connectivity index (χ2n) is 5.86. The van der Waals surface area contributed by atoms with Gasteiger partial charge in [0.15, 0.2) is 11.5 Å². The smallest absolute Gasteiger partial charge is 0.268 e. The van der Waals surface area contributed by atoms with Gasteiger partial charge in [-0.3, -0.25) is 9.59 Å². The van der Waals surface area contributed by atoms with Crippen LogP contribution in [0.15, 0.2) is 69.5 Å². The van der Waals surface area contributed by atoms with Crippen LogP contribution in [0.25, 0.3) is 6.08 Å². The minimum absolute atomic E-state index is 0.0197. The van der Waals surface area contributed by atoms with Crippen LogP contribution in [0, 0.1) is 0 Å². The number of hydrogen-bond donors (Lipinski definition) is 2. The maximum absolute atomic E-state index is 12.7. The Labute approximate surface area is 167 Å². The van der Waals surface area contributed by atoms with Gasteiger partial charge in [0, 0.05) is 11.6 Å². The van der Waals surface area contributed by atoms with Gasteiger partial charge >= 0.3 is 0 Å². The molecule has 0 aliphatic carbocycles. The molecular weight excluding hydrogens is 376 g/mol. The van der Waals surface area contributed by atoms with E-state index in [0.29, 0.717) is 28.6 Å². The van der Waals surface area contributed by atoms with Crippen molar-refractivity contribution < 1.29 is 27.9 Å². The molecule has 0 bridgehead atoms. The van der Waals surface area contributed by atoms with E-state index >= 15 is 0 Å². The van der Waals surface area contributed by atoms with E-state index in [9.17, 15) is 9.59 Å². The fourth-order valence-corrected chi connectivity index (χ4v) is 2.52. The van der Waals surface area contributed by atoms with Crippen LogP contribution in [0.3, 0.4) is 0 Å². The standard InChI is InChI=1S/C21H20N2O6/c1-26-18-8-7-14(11-19(18)27-2)20(24)23-17(12-15-5-3-9-28-15)21(25)22-13-16-6-4-10-29-16/h3-12H,13H2,1-2H3,(H,22,25)(H,23,24)/b17-12-. The Hall–Kier alpha value is -3.94. The molecule has 150 valence electrons. The zero-order valence-corrected chi connectivity index (χ0v) is 15.9. The summed E-state index contributed by atoms with van der Waals surface area (Å²) in [5.41, 5.74) is 0.318. The summed E-state index contributed by atoms with van der Waals surface area (Å²) < 4.78 is 20.9. The Morgan fingerprint density at radius 1 is 1.00 bits per heavy atom. The van der Waals surface area contributed by atoms with Gasteiger partial charge in [-0.1, -0.05) is 0 Å². The summed E-state index contributed by atoms with van der Waals surface area (Å²) in [5.74, 6) is 0.914. The largest absolute Gasteiger partial charge is 0.493 e. The minimum atomic E-state index is -0.494. The van der Waals surface area contributed by atoms with E-state index in [4.69, 9.17) is 18.3 Å². The Morgan fingerprint density at radius 2 is 1.76 bits per heavy atom. The summed E-state index contributed by atoms with van der Waals surface area (Å²) in [6.07, 6.45) is 4.43. The van der Waals surface area contributed by atoms with Crippen LogP contribution in [0.1, 0.15) is 21.9 Å². The first-order valence-corrected chi connectivity index (χ1v) is 8.70. The topological polar surface area (TPSA) is 103 Å². The summed E-state index contributed by atoms with van der Waals surface area (Å²) in [4.78, 5) is 25.3. The van der Waals surface area contributed by atoms with Crippen molar-refractivity contribution in [3.8, 4) is 11.5 Å². The van der Waals surface area contributed by atoms with Crippen molar-refractivity contribution in [3.63, 3.8) is 0 Å². The van der Waals surface area contributed by atoms with E-state index < -0.39 is 11.8 Å². The lowest BCUT2D eigenvalue weighted by Crippen LogP contribution is -2.34. The average molecular weight is 396 g/mol. The second-order valence-corrected chi connectivity index (χ2v) is 5.86. The number of amides is 2. The molecule has 2 aromatic heterocycles. The molecule has 8 heteroatoms. The highest BCUT2D eigenvalue weighted by molar-refractivity contribution is 6.05. The molecule has 3 aromatic rings. The molecule has 2 heterocycles. The summed E-state index contributed by atoms with van der Waals surface area (Å²) in [7, 11) is 2.98. The zero-order valence-electron chi connectivity index (χ0n) is 15.9. The van der Waals surface area contributed by atoms with Gasteiger partial charge < -0.3 is 28.9 Å². The number of benzene rings is 1. The highest BCUT2D eigenvalue weighted by Gasteiger charge is 2.17. The van der Waals surface area contributed by atoms with Crippen LogP contribution >= 0.6 is 0 Å². The van der Waals surface area contributed by atoms with Gasteiger partial charge in [0.1, 0.15) is 17.2 Å². The molecule has 0 saturated carbocycles. The van der Waals surface area contributed by atoms with E-state index in [1.54, 1.807) is 36.4 Å². The van der Waals surface area contributed by atoms with Gasteiger partial charge in [-0.2, -0.15) is 0 Å². The van der Waals surface area contributed by atoms with E-state index in [-0.39, 0.29) is 12.2 Å². The molecule has 2 N–H and O–H groups in total. The third-order valence-electron chi connectivity index (χ3n) is 3.97. The average Bonchev–Trinajstić information content (AvgIpc) is 3.45. The van der Waals surface area contributed by atoms with Gasteiger partial charge in [0.25, 0.3) is 11.8 Å². The first-order valence-electron chi connectivity index (χ1n) is 8.70. The number of hydrogen-bond acceptors (Lipinski definition) is 6. The number of carbonyl (C=O) groups excluding carboxylic acids is 2. The quantitative estimate of drug-likeness (QED) is 0.568. The molecule has 8 nitrogen and oxygen atoms in total. The molecule has 0 aliphatic rings. The molecule has 0 unspecified atom stereocenters. The molecule has 1 aromatic carbocycles. The lowest BCUT2D eigenvalue weighted by molar-refractivity contribution is -0.118. The fourth-order valence-electron chi connectivity index (χ4n) is 2.52. The maximum atomic E-state index is 12.7. The van der Waals surface area contributed by atoms with Crippen LogP contribution in [-0.4, -0.2) is 26.0 Å². The lowest BCUT2D eigenvalue weighted by Gasteiger charge is -2.12. The van der Waals surface area contributed by atoms with Crippen molar-refractivity contribution in [2.75, 3.05) is 14.2 Å². The van der Waals surface area contributed by atoms with Crippen molar-refractivity contribution in [1.29, 1.82) is 0 Å². The molecule has 0 spiro atoms. The summed E-state index contributed by atoms with van der Waals surface area (Å²) in [6, 6.07) is 11.5. The third-order valence-corrected chi connectivity index (χ3v) is 3.97. The highest BCUT2D eigenvalue weighted by atomic mass is 16.5. The van der Waals surface area contributed by atoms with Gasteiger partial charge in [-0.15, -0.1) is 0 Å².